The van der Waals surface area contributed by atoms with E-state index in [0.29, 0.717) is 11.5 Å². The standard InChI is InChI=1S/C14H25N3O4S/c1-10(16-13(19)21-14(2,3)4)9-20-11(7-8-18)17-12(15-5)22-6/h7-8,10H,9H2,1-6H3,(H,15,17)(H,16,19)/b11-7+. The summed E-state index contributed by atoms with van der Waals surface area (Å²) in [5.74, 6) is 0.266. The van der Waals surface area contributed by atoms with Crippen molar-refractivity contribution in [1.29, 1.82) is 0 Å². The first-order valence-corrected chi connectivity index (χ1v) is 8.00. The predicted octanol–water partition coefficient (Wildman–Crippen LogP) is 1.89. The fourth-order valence-electron chi connectivity index (χ4n) is 1.26. The van der Waals surface area contributed by atoms with Gasteiger partial charge in [-0.05, 0) is 34.0 Å². The highest BCUT2D eigenvalue weighted by atomic mass is 32.2. The van der Waals surface area contributed by atoms with E-state index in [9.17, 15) is 9.59 Å². The van der Waals surface area contributed by atoms with E-state index >= 15 is 0 Å². The first-order valence-electron chi connectivity index (χ1n) is 6.77. The Morgan fingerprint density at radius 2 is 2.05 bits per heavy atom. The Morgan fingerprint density at radius 1 is 1.41 bits per heavy atom. The summed E-state index contributed by atoms with van der Waals surface area (Å²) in [5.41, 5.74) is -0.556. The molecule has 0 aliphatic heterocycles. The van der Waals surface area contributed by atoms with Gasteiger partial charge in [0.05, 0.1) is 6.04 Å². The average molecular weight is 331 g/mol. The maximum atomic E-state index is 11.6. The Labute approximate surface area is 135 Å². The Hall–Kier alpha value is -1.70. The second-order valence-corrected chi connectivity index (χ2v) is 6.18. The molecule has 0 bridgehead atoms. The summed E-state index contributed by atoms with van der Waals surface area (Å²) in [4.78, 5) is 26.2. The third-order valence-corrected chi connectivity index (χ3v) is 2.77. The van der Waals surface area contributed by atoms with Crippen molar-refractivity contribution in [2.75, 3.05) is 19.9 Å². The molecular weight excluding hydrogens is 306 g/mol. The van der Waals surface area contributed by atoms with Gasteiger partial charge in [0.2, 0.25) is 0 Å². The van der Waals surface area contributed by atoms with Crippen LogP contribution in [0.1, 0.15) is 27.7 Å². The third-order valence-electron chi connectivity index (χ3n) is 2.10. The van der Waals surface area contributed by atoms with Crippen LogP contribution >= 0.6 is 11.8 Å². The van der Waals surface area contributed by atoms with E-state index in [2.05, 4.69) is 15.6 Å². The van der Waals surface area contributed by atoms with Crippen LogP contribution in [0.4, 0.5) is 4.79 Å². The van der Waals surface area contributed by atoms with Gasteiger partial charge in [-0.3, -0.25) is 9.79 Å². The number of nitrogens with one attached hydrogen (secondary N) is 2. The van der Waals surface area contributed by atoms with Gasteiger partial charge in [0.15, 0.2) is 11.1 Å². The normalized spacial score (nSPS) is 14.1. The third kappa shape index (κ3) is 10.1. The van der Waals surface area contributed by atoms with Crippen molar-refractivity contribution in [2.24, 2.45) is 4.99 Å². The summed E-state index contributed by atoms with van der Waals surface area (Å²) in [6.45, 7) is 7.31. The second kappa shape index (κ2) is 10.1. The number of allylic oxidation sites excluding steroid dienone is 1. The molecule has 1 amide bonds. The molecule has 1 unspecified atom stereocenters. The van der Waals surface area contributed by atoms with Gasteiger partial charge < -0.3 is 20.1 Å². The summed E-state index contributed by atoms with van der Waals surface area (Å²) < 4.78 is 10.6. The molecule has 0 aromatic carbocycles. The molecule has 0 saturated heterocycles. The van der Waals surface area contributed by atoms with Crippen LogP contribution in [0.25, 0.3) is 0 Å². The number of thioether (sulfide) groups is 1. The zero-order valence-corrected chi connectivity index (χ0v) is 14.7. The summed E-state index contributed by atoms with van der Waals surface area (Å²) in [7, 11) is 1.63. The quantitative estimate of drug-likeness (QED) is 0.254. The maximum absolute atomic E-state index is 11.6. The van der Waals surface area contributed by atoms with Crippen LogP contribution in [0.5, 0.6) is 0 Å². The molecule has 0 aliphatic carbocycles. The highest BCUT2D eigenvalue weighted by Gasteiger charge is 2.18. The number of ether oxygens (including phenoxy) is 2. The fourth-order valence-corrected chi connectivity index (χ4v) is 1.64. The monoisotopic (exact) mass is 331 g/mol. The molecule has 0 fully saturated rings. The van der Waals surface area contributed by atoms with Crippen molar-refractivity contribution in [3.8, 4) is 0 Å². The lowest BCUT2D eigenvalue weighted by atomic mass is 10.2. The van der Waals surface area contributed by atoms with Gasteiger partial charge in [-0.1, -0.05) is 11.8 Å². The van der Waals surface area contributed by atoms with Crippen LogP contribution in [-0.4, -0.2) is 49.1 Å². The molecule has 0 spiro atoms. The molecule has 0 rings (SSSR count). The molecule has 126 valence electrons. The van der Waals surface area contributed by atoms with E-state index in [0.717, 1.165) is 0 Å². The van der Waals surface area contributed by atoms with Crippen LogP contribution in [0.15, 0.2) is 17.0 Å². The van der Waals surface area contributed by atoms with Gasteiger partial charge in [-0.2, -0.15) is 0 Å². The highest BCUT2D eigenvalue weighted by Crippen LogP contribution is 2.07. The van der Waals surface area contributed by atoms with E-state index < -0.39 is 11.7 Å². The number of rotatable bonds is 6. The summed E-state index contributed by atoms with van der Waals surface area (Å²) in [5, 5.41) is 6.14. The number of hydrogen-bond acceptors (Lipinski definition) is 6. The lowest BCUT2D eigenvalue weighted by Gasteiger charge is -2.22. The fraction of sp³-hybridized carbons (Fsp3) is 0.643. The Bertz CT molecular complexity index is 430. The largest absolute Gasteiger partial charge is 0.477 e. The van der Waals surface area contributed by atoms with Crippen molar-refractivity contribution in [3.63, 3.8) is 0 Å². The van der Waals surface area contributed by atoms with Crippen molar-refractivity contribution >= 4 is 29.3 Å². The molecule has 0 radical (unpaired) electrons. The van der Waals surface area contributed by atoms with Crippen LogP contribution in [0.2, 0.25) is 0 Å². The number of aliphatic imine (C=N–C) groups is 1. The molecule has 8 heteroatoms. The number of hydrogen-bond donors (Lipinski definition) is 2. The van der Waals surface area contributed by atoms with Gasteiger partial charge in [0, 0.05) is 13.1 Å². The molecule has 0 heterocycles. The molecule has 22 heavy (non-hydrogen) atoms. The van der Waals surface area contributed by atoms with E-state index in [-0.39, 0.29) is 18.5 Å². The van der Waals surface area contributed by atoms with Gasteiger partial charge in [-0.25, -0.2) is 4.79 Å². The molecule has 0 saturated carbocycles. The Balaban J connectivity index is 4.40. The molecule has 2 N–H and O–H groups in total. The second-order valence-electron chi connectivity index (χ2n) is 5.38. The summed E-state index contributed by atoms with van der Waals surface area (Å²) in [6, 6.07) is -0.289. The summed E-state index contributed by atoms with van der Waals surface area (Å²) in [6.07, 6.45) is 3.20. The van der Waals surface area contributed by atoms with Gasteiger partial charge in [-0.15, -0.1) is 0 Å². The first kappa shape index (κ1) is 20.3. The minimum atomic E-state index is -0.556. The van der Waals surface area contributed by atoms with Crippen LogP contribution in [0.3, 0.4) is 0 Å². The molecule has 0 aliphatic rings. The minimum absolute atomic E-state index is 0.178. The molecule has 7 nitrogen and oxygen atoms in total. The minimum Gasteiger partial charge on any atom is -0.477 e. The van der Waals surface area contributed by atoms with Crippen molar-refractivity contribution in [2.45, 2.75) is 39.3 Å². The van der Waals surface area contributed by atoms with Gasteiger partial charge >= 0.3 is 6.09 Å². The molecule has 0 aromatic rings. The molecule has 0 aromatic heterocycles. The summed E-state index contributed by atoms with van der Waals surface area (Å²) >= 11 is 1.39. The van der Waals surface area contributed by atoms with E-state index in [1.165, 1.54) is 17.8 Å². The Kier molecular flexibility index (Phi) is 9.32. The van der Waals surface area contributed by atoms with Gasteiger partial charge in [0.1, 0.15) is 18.5 Å². The van der Waals surface area contributed by atoms with Crippen LogP contribution < -0.4 is 10.6 Å². The lowest BCUT2D eigenvalue weighted by Crippen LogP contribution is -2.40. The Morgan fingerprint density at radius 3 is 2.50 bits per heavy atom. The van der Waals surface area contributed by atoms with Crippen molar-refractivity contribution in [3.05, 3.63) is 12.0 Å². The van der Waals surface area contributed by atoms with E-state index in [4.69, 9.17) is 9.47 Å². The smallest absolute Gasteiger partial charge is 0.407 e. The number of carbonyl (C=O) groups excluding carboxylic acids is 2. The molecular formula is C14H25N3O4S. The van der Waals surface area contributed by atoms with Gasteiger partial charge in [0.25, 0.3) is 0 Å². The topological polar surface area (TPSA) is 89.0 Å². The average Bonchev–Trinajstić information content (AvgIpc) is 2.39. The van der Waals surface area contributed by atoms with Crippen LogP contribution in [-0.2, 0) is 14.3 Å². The highest BCUT2D eigenvalue weighted by molar-refractivity contribution is 8.13. The predicted molar refractivity (Wildman–Crippen MR) is 88.9 cm³/mol. The number of amides is 1. The maximum Gasteiger partial charge on any atom is 0.407 e. The van der Waals surface area contributed by atoms with Crippen molar-refractivity contribution in [1.82, 2.24) is 10.6 Å². The van der Waals surface area contributed by atoms with Crippen molar-refractivity contribution < 1.29 is 19.1 Å². The van der Waals surface area contributed by atoms with Crippen LogP contribution in [0, 0.1) is 0 Å². The number of nitrogens with zero attached hydrogens (tertiary/aromatic N) is 1. The zero-order valence-electron chi connectivity index (χ0n) is 13.9. The number of alkyl carbamates (subject to hydrolysis) is 1. The zero-order chi connectivity index (χ0) is 17.2. The lowest BCUT2D eigenvalue weighted by molar-refractivity contribution is -0.104. The first-order chi connectivity index (χ1) is 10.2. The number of amidine groups is 1. The number of aldehydes is 1. The SMILES string of the molecule is CN=C(N/C(=C\C=O)OCC(C)NC(=O)OC(C)(C)C)SC. The molecule has 1 atom stereocenters. The van der Waals surface area contributed by atoms with E-state index in [1.807, 2.05) is 6.26 Å². The number of carbonyl (C=O) groups is 2. The van der Waals surface area contributed by atoms with E-state index in [1.54, 1.807) is 34.7 Å².